The van der Waals surface area contributed by atoms with Crippen LogP contribution >= 0.6 is 0 Å². The topological polar surface area (TPSA) is 89.1 Å². The fraction of sp³-hybridized carbons (Fsp3) is 0.562. The maximum Gasteiger partial charge on any atom is 0.407 e. The lowest BCUT2D eigenvalue weighted by Crippen LogP contribution is -2.34. The number of hydrogen-bond acceptors (Lipinski definition) is 6. The predicted octanol–water partition coefficient (Wildman–Crippen LogP) is 2.00. The standard InChI is InChI=1S/C16H26N2O5/c1-16(2,3)23-15(20)18-8-7-17-12-5-6-13(21-4)14(11-12)22-10-9-19/h5-6,11,17,19H,7-10H2,1-4H3,(H,18,20). The second-order valence-corrected chi connectivity index (χ2v) is 5.79. The normalized spacial score (nSPS) is 10.8. The molecule has 0 saturated carbocycles. The molecule has 0 aliphatic heterocycles. The summed E-state index contributed by atoms with van der Waals surface area (Å²) in [6, 6.07) is 5.40. The lowest BCUT2D eigenvalue weighted by Gasteiger charge is -2.19. The molecule has 0 aromatic heterocycles. The average Bonchev–Trinajstić information content (AvgIpc) is 2.48. The zero-order chi connectivity index (χ0) is 17.3. The molecule has 0 unspecified atom stereocenters. The molecule has 0 bridgehead atoms. The van der Waals surface area contributed by atoms with Crippen molar-refractivity contribution in [2.24, 2.45) is 0 Å². The van der Waals surface area contributed by atoms with Crippen molar-refractivity contribution < 1.29 is 24.1 Å². The number of hydrogen-bond donors (Lipinski definition) is 3. The van der Waals surface area contributed by atoms with Crippen LogP contribution in [0.25, 0.3) is 0 Å². The van der Waals surface area contributed by atoms with Gasteiger partial charge >= 0.3 is 6.09 Å². The summed E-state index contributed by atoms with van der Waals surface area (Å²) in [5, 5.41) is 14.7. The van der Waals surface area contributed by atoms with Gasteiger partial charge in [0.1, 0.15) is 12.2 Å². The van der Waals surface area contributed by atoms with E-state index in [-0.39, 0.29) is 13.2 Å². The van der Waals surface area contributed by atoms with Gasteiger partial charge in [-0.05, 0) is 32.9 Å². The minimum Gasteiger partial charge on any atom is -0.493 e. The van der Waals surface area contributed by atoms with Crippen LogP contribution in [0, 0.1) is 0 Å². The molecule has 23 heavy (non-hydrogen) atoms. The number of rotatable bonds is 8. The van der Waals surface area contributed by atoms with Crippen molar-refractivity contribution in [2.45, 2.75) is 26.4 Å². The molecule has 1 rings (SSSR count). The van der Waals surface area contributed by atoms with Crippen molar-refractivity contribution in [3.05, 3.63) is 18.2 Å². The first-order valence-corrected chi connectivity index (χ1v) is 7.48. The van der Waals surface area contributed by atoms with Gasteiger partial charge in [-0.1, -0.05) is 0 Å². The highest BCUT2D eigenvalue weighted by molar-refractivity contribution is 5.67. The number of benzene rings is 1. The first kappa shape index (κ1) is 18.9. The average molecular weight is 326 g/mol. The van der Waals surface area contributed by atoms with E-state index in [2.05, 4.69) is 10.6 Å². The Morgan fingerprint density at radius 2 is 1.96 bits per heavy atom. The molecule has 1 amide bonds. The van der Waals surface area contributed by atoms with Crippen LogP contribution in [0.4, 0.5) is 10.5 Å². The number of carbonyl (C=O) groups excluding carboxylic acids is 1. The number of aliphatic hydroxyl groups excluding tert-OH is 1. The third-order valence-corrected chi connectivity index (χ3v) is 2.63. The molecular weight excluding hydrogens is 300 g/mol. The van der Waals surface area contributed by atoms with Gasteiger partial charge in [-0.25, -0.2) is 4.79 Å². The van der Waals surface area contributed by atoms with Crippen molar-refractivity contribution in [2.75, 3.05) is 38.7 Å². The third-order valence-electron chi connectivity index (χ3n) is 2.63. The SMILES string of the molecule is COc1ccc(NCCNC(=O)OC(C)(C)C)cc1OCCO. The van der Waals surface area contributed by atoms with Crippen LogP contribution in [0.15, 0.2) is 18.2 Å². The van der Waals surface area contributed by atoms with E-state index in [9.17, 15) is 4.79 Å². The van der Waals surface area contributed by atoms with Crippen LogP contribution < -0.4 is 20.1 Å². The van der Waals surface area contributed by atoms with Crippen LogP contribution in [0.3, 0.4) is 0 Å². The van der Waals surface area contributed by atoms with Gasteiger partial charge in [-0.3, -0.25) is 0 Å². The lowest BCUT2D eigenvalue weighted by atomic mass is 10.2. The number of anilines is 1. The fourth-order valence-electron chi connectivity index (χ4n) is 1.74. The lowest BCUT2D eigenvalue weighted by molar-refractivity contribution is 0.0530. The Hall–Kier alpha value is -2.15. The van der Waals surface area contributed by atoms with Gasteiger partial charge in [0.05, 0.1) is 13.7 Å². The number of nitrogens with one attached hydrogen (secondary N) is 2. The predicted molar refractivity (Wildman–Crippen MR) is 88.3 cm³/mol. The van der Waals surface area contributed by atoms with Gasteiger partial charge in [-0.2, -0.15) is 0 Å². The molecule has 0 atom stereocenters. The molecule has 0 spiro atoms. The summed E-state index contributed by atoms with van der Waals surface area (Å²) in [5.41, 5.74) is 0.316. The van der Waals surface area contributed by atoms with Gasteiger partial charge in [0, 0.05) is 24.8 Å². The van der Waals surface area contributed by atoms with E-state index in [1.807, 2.05) is 26.8 Å². The molecule has 0 aliphatic carbocycles. The molecule has 3 N–H and O–H groups in total. The number of alkyl carbamates (subject to hydrolysis) is 1. The monoisotopic (exact) mass is 326 g/mol. The van der Waals surface area contributed by atoms with Crippen LogP contribution in [-0.2, 0) is 4.74 Å². The molecule has 1 aromatic carbocycles. The van der Waals surface area contributed by atoms with Gasteiger partial charge in [0.15, 0.2) is 11.5 Å². The Kier molecular flexibility index (Phi) is 7.47. The summed E-state index contributed by atoms with van der Waals surface area (Å²) in [7, 11) is 1.55. The summed E-state index contributed by atoms with van der Waals surface area (Å²) in [4.78, 5) is 11.5. The molecule has 0 aliphatic rings. The third kappa shape index (κ3) is 7.60. The minimum absolute atomic E-state index is 0.0688. The molecule has 0 heterocycles. The van der Waals surface area contributed by atoms with Crippen molar-refractivity contribution in [3.63, 3.8) is 0 Å². The Labute approximate surface area is 136 Å². The van der Waals surface area contributed by atoms with E-state index in [0.717, 1.165) is 5.69 Å². The number of amides is 1. The Bertz CT molecular complexity index is 500. The highest BCUT2D eigenvalue weighted by Gasteiger charge is 2.15. The summed E-state index contributed by atoms with van der Waals surface area (Å²) in [6.07, 6.45) is -0.444. The Morgan fingerprint density at radius 3 is 2.57 bits per heavy atom. The van der Waals surface area contributed by atoms with E-state index < -0.39 is 11.7 Å². The zero-order valence-corrected chi connectivity index (χ0v) is 14.1. The van der Waals surface area contributed by atoms with Crippen molar-refractivity contribution >= 4 is 11.8 Å². The highest BCUT2D eigenvalue weighted by Crippen LogP contribution is 2.30. The highest BCUT2D eigenvalue weighted by atomic mass is 16.6. The van der Waals surface area contributed by atoms with Gasteiger partial charge in [-0.15, -0.1) is 0 Å². The largest absolute Gasteiger partial charge is 0.493 e. The number of aliphatic hydroxyl groups is 1. The van der Waals surface area contributed by atoms with E-state index >= 15 is 0 Å². The maximum atomic E-state index is 11.5. The van der Waals surface area contributed by atoms with E-state index in [1.165, 1.54) is 0 Å². The summed E-state index contributed by atoms with van der Waals surface area (Å²) in [6.45, 7) is 6.53. The van der Waals surface area contributed by atoms with Crippen LogP contribution in [0.5, 0.6) is 11.5 Å². The molecular formula is C16H26N2O5. The van der Waals surface area contributed by atoms with Gasteiger partial charge < -0.3 is 30.0 Å². The van der Waals surface area contributed by atoms with E-state index in [4.69, 9.17) is 19.3 Å². The second-order valence-electron chi connectivity index (χ2n) is 5.79. The first-order chi connectivity index (χ1) is 10.9. The first-order valence-electron chi connectivity index (χ1n) is 7.48. The summed E-state index contributed by atoms with van der Waals surface area (Å²) < 4.78 is 15.8. The molecule has 1 aromatic rings. The van der Waals surface area contributed by atoms with Crippen LogP contribution in [0.1, 0.15) is 20.8 Å². The summed E-state index contributed by atoms with van der Waals surface area (Å²) >= 11 is 0. The van der Waals surface area contributed by atoms with E-state index in [0.29, 0.717) is 24.6 Å². The van der Waals surface area contributed by atoms with E-state index in [1.54, 1.807) is 19.2 Å². The van der Waals surface area contributed by atoms with Crippen LogP contribution in [0.2, 0.25) is 0 Å². The van der Waals surface area contributed by atoms with Crippen molar-refractivity contribution in [1.82, 2.24) is 5.32 Å². The number of carbonyl (C=O) groups is 1. The molecule has 7 nitrogen and oxygen atoms in total. The molecule has 0 fully saturated rings. The van der Waals surface area contributed by atoms with Crippen molar-refractivity contribution in [1.29, 1.82) is 0 Å². The minimum atomic E-state index is -0.507. The second kappa shape index (κ2) is 9.09. The van der Waals surface area contributed by atoms with Crippen molar-refractivity contribution in [3.8, 4) is 11.5 Å². The Morgan fingerprint density at radius 1 is 1.22 bits per heavy atom. The molecule has 0 radical (unpaired) electrons. The van der Waals surface area contributed by atoms with Gasteiger partial charge in [0.2, 0.25) is 0 Å². The number of ether oxygens (including phenoxy) is 3. The quantitative estimate of drug-likeness (QED) is 0.633. The van der Waals surface area contributed by atoms with Gasteiger partial charge in [0.25, 0.3) is 0 Å². The maximum absolute atomic E-state index is 11.5. The molecule has 130 valence electrons. The summed E-state index contributed by atoms with van der Waals surface area (Å²) in [5.74, 6) is 1.14. The Balaban J connectivity index is 2.44. The fourth-order valence-corrected chi connectivity index (χ4v) is 1.74. The smallest absolute Gasteiger partial charge is 0.407 e. The molecule has 0 saturated heterocycles. The number of methoxy groups -OCH3 is 1. The molecule has 7 heteroatoms. The zero-order valence-electron chi connectivity index (χ0n) is 14.1. The van der Waals surface area contributed by atoms with Crippen LogP contribution in [-0.4, -0.2) is 50.2 Å².